The van der Waals surface area contributed by atoms with Gasteiger partial charge in [0.1, 0.15) is 11.9 Å². The van der Waals surface area contributed by atoms with Crippen molar-refractivity contribution >= 4 is 11.8 Å². The lowest BCUT2D eigenvalue weighted by atomic mass is 9.51. The molecule has 0 aromatic rings. The SMILES string of the molecule is C=C1C(=O)O[C@H]2[C@H]1[C@H](OCC(C)C)C[C@]1(C)[C@@H]2[C@@H](C)C(=O)C[C@H]1O. The van der Waals surface area contributed by atoms with Crippen LogP contribution in [-0.4, -0.2) is 41.8 Å². The molecule has 7 atom stereocenters. The van der Waals surface area contributed by atoms with E-state index >= 15 is 0 Å². The second kappa shape index (κ2) is 5.95. The van der Waals surface area contributed by atoms with Crippen molar-refractivity contribution in [3.8, 4) is 0 Å². The van der Waals surface area contributed by atoms with Crippen LogP contribution in [0.1, 0.15) is 40.5 Å². The van der Waals surface area contributed by atoms with Gasteiger partial charge >= 0.3 is 5.97 Å². The minimum absolute atomic E-state index is 0.0406. The molecule has 2 saturated carbocycles. The van der Waals surface area contributed by atoms with E-state index in [9.17, 15) is 14.7 Å². The first-order valence-electron chi connectivity index (χ1n) is 8.89. The van der Waals surface area contributed by atoms with Crippen molar-refractivity contribution in [2.45, 2.75) is 58.8 Å². The van der Waals surface area contributed by atoms with Crippen LogP contribution in [0.3, 0.4) is 0 Å². The van der Waals surface area contributed by atoms with Crippen LogP contribution in [0.25, 0.3) is 0 Å². The predicted octanol–water partition coefficient (Wildman–Crippen LogP) is 2.12. The number of ketones is 1. The van der Waals surface area contributed by atoms with Crippen LogP contribution < -0.4 is 0 Å². The van der Waals surface area contributed by atoms with Gasteiger partial charge < -0.3 is 14.6 Å². The molecule has 24 heavy (non-hydrogen) atoms. The fourth-order valence-corrected chi connectivity index (χ4v) is 4.91. The number of hydrogen-bond donors (Lipinski definition) is 1. The molecule has 0 spiro atoms. The van der Waals surface area contributed by atoms with Gasteiger partial charge in [0.15, 0.2) is 0 Å². The summed E-state index contributed by atoms with van der Waals surface area (Å²) < 4.78 is 11.7. The van der Waals surface area contributed by atoms with E-state index in [0.29, 0.717) is 24.5 Å². The predicted molar refractivity (Wildman–Crippen MR) is 88.1 cm³/mol. The van der Waals surface area contributed by atoms with Crippen LogP contribution in [0, 0.1) is 29.1 Å². The highest BCUT2D eigenvalue weighted by molar-refractivity contribution is 5.91. The summed E-state index contributed by atoms with van der Waals surface area (Å²) in [5, 5.41) is 10.7. The van der Waals surface area contributed by atoms with Crippen molar-refractivity contribution in [3.05, 3.63) is 12.2 Å². The van der Waals surface area contributed by atoms with Gasteiger partial charge in [0.2, 0.25) is 0 Å². The summed E-state index contributed by atoms with van der Waals surface area (Å²) in [6.07, 6.45) is -0.607. The lowest BCUT2D eigenvalue weighted by Crippen LogP contribution is -2.61. The third-order valence-electron chi connectivity index (χ3n) is 6.26. The van der Waals surface area contributed by atoms with Gasteiger partial charge in [-0.05, 0) is 12.3 Å². The first kappa shape index (κ1) is 17.6. The summed E-state index contributed by atoms with van der Waals surface area (Å²) in [6.45, 7) is 12.5. The highest BCUT2D eigenvalue weighted by Gasteiger charge is 2.63. The number of aliphatic hydroxyl groups excluding tert-OH is 1. The Labute approximate surface area is 143 Å². The molecule has 0 amide bonds. The minimum atomic E-state index is -0.732. The number of aliphatic hydroxyl groups is 1. The Morgan fingerprint density at radius 1 is 1.42 bits per heavy atom. The average molecular weight is 336 g/mol. The molecule has 5 nitrogen and oxygen atoms in total. The maximum atomic E-state index is 12.3. The second-order valence-electron chi connectivity index (χ2n) is 8.40. The van der Waals surface area contributed by atoms with Crippen molar-refractivity contribution in [3.63, 3.8) is 0 Å². The van der Waals surface area contributed by atoms with E-state index in [1.165, 1.54) is 0 Å². The van der Waals surface area contributed by atoms with Gasteiger partial charge in [0.05, 0.1) is 18.1 Å². The summed E-state index contributed by atoms with van der Waals surface area (Å²) in [7, 11) is 0. The van der Waals surface area contributed by atoms with Crippen molar-refractivity contribution in [2.24, 2.45) is 29.1 Å². The van der Waals surface area contributed by atoms with Crippen molar-refractivity contribution < 1.29 is 24.2 Å². The maximum Gasteiger partial charge on any atom is 0.334 e. The number of Topliss-reactive ketones (excluding diaryl/α,β-unsaturated/α-hetero) is 1. The number of fused-ring (bicyclic) bond motifs is 3. The quantitative estimate of drug-likeness (QED) is 0.631. The van der Waals surface area contributed by atoms with Gasteiger partial charge in [0, 0.05) is 35.9 Å². The van der Waals surface area contributed by atoms with E-state index < -0.39 is 23.6 Å². The van der Waals surface area contributed by atoms with Gasteiger partial charge in [-0.2, -0.15) is 0 Å². The van der Waals surface area contributed by atoms with Crippen LogP contribution in [0.5, 0.6) is 0 Å². The molecule has 3 aliphatic rings. The molecule has 1 saturated heterocycles. The molecular formula is C19H28O5. The summed E-state index contributed by atoms with van der Waals surface area (Å²) in [6, 6.07) is 0. The van der Waals surface area contributed by atoms with Gasteiger partial charge in [-0.25, -0.2) is 4.79 Å². The molecule has 0 radical (unpaired) electrons. The number of ether oxygens (including phenoxy) is 2. The average Bonchev–Trinajstić information content (AvgIpc) is 2.78. The normalized spacial score (nSPS) is 45.2. The zero-order chi connectivity index (χ0) is 17.8. The molecule has 0 bridgehead atoms. The number of carbonyl (C=O) groups is 2. The summed E-state index contributed by atoms with van der Waals surface area (Å²) in [5.41, 5.74) is -0.0587. The maximum absolute atomic E-state index is 12.3. The van der Waals surface area contributed by atoms with Crippen LogP contribution in [0.15, 0.2) is 12.2 Å². The molecule has 3 rings (SSSR count). The zero-order valence-corrected chi connectivity index (χ0v) is 15.0. The fraction of sp³-hybridized carbons (Fsp3) is 0.789. The Morgan fingerprint density at radius 2 is 2.08 bits per heavy atom. The molecule has 3 fully saturated rings. The third-order valence-corrected chi connectivity index (χ3v) is 6.26. The Hall–Kier alpha value is -1.20. The van der Waals surface area contributed by atoms with Crippen LogP contribution in [0.4, 0.5) is 0 Å². The number of rotatable bonds is 3. The number of esters is 1. The zero-order valence-electron chi connectivity index (χ0n) is 15.0. The molecule has 134 valence electrons. The lowest BCUT2D eigenvalue weighted by Gasteiger charge is -2.55. The topological polar surface area (TPSA) is 72.8 Å². The standard InChI is InChI=1S/C19H28O5/c1-9(2)8-23-13-7-19(5)14(21)6-12(20)10(3)16(19)17-15(13)11(4)18(22)24-17/h9-10,13-17,21H,4,6-8H2,1-3,5H3/t10-,13+,14+,15+,16+,17-,19-/m0/s1. The van der Waals surface area contributed by atoms with E-state index in [2.05, 4.69) is 20.4 Å². The number of hydrogen-bond acceptors (Lipinski definition) is 5. The molecule has 1 N–H and O–H groups in total. The smallest absolute Gasteiger partial charge is 0.334 e. The Balaban J connectivity index is 1.98. The fourth-order valence-electron chi connectivity index (χ4n) is 4.91. The van der Waals surface area contributed by atoms with Crippen molar-refractivity contribution in [1.29, 1.82) is 0 Å². The molecule has 1 heterocycles. The highest BCUT2D eigenvalue weighted by atomic mass is 16.6. The Morgan fingerprint density at radius 3 is 2.71 bits per heavy atom. The molecule has 1 aliphatic heterocycles. The lowest BCUT2D eigenvalue weighted by molar-refractivity contribution is -0.194. The first-order valence-corrected chi connectivity index (χ1v) is 8.89. The molecule has 0 unspecified atom stereocenters. The third kappa shape index (κ3) is 2.53. The molecule has 2 aliphatic carbocycles. The van der Waals surface area contributed by atoms with Gasteiger partial charge in [0.25, 0.3) is 0 Å². The van der Waals surface area contributed by atoms with E-state index in [4.69, 9.17) is 9.47 Å². The monoisotopic (exact) mass is 336 g/mol. The van der Waals surface area contributed by atoms with Crippen molar-refractivity contribution in [1.82, 2.24) is 0 Å². The van der Waals surface area contributed by atoms with Crippen LogP contribution in [0.2, 0.25) is 0 Å². The summed E-state index contributed by atoms with van der Waals surface area (Å²) in [5.74, 6) is -0.644. The molecule has 0 aromatic heterocycles. The van der Waals surface area contributed by atoms with E-state index in [1.54, 1.807) is 0 Å². The first-order chi connectivity index (χ1) is 11.2. The molecular weight excluding hydrogens is 308 g/mol. The van der Waals surface area contributed by atoms with E-state index in [-0.39, 0.29) is 36.1 Å². The minimum Gasteiger partial charge on any atom is -0.458 e. The Kier molecular flexibility index (Phi) is 4.37. The summed E-state index contributed by atoms with van der Waals surface area (Å²) in [4.78, 5) is 24.4. The molecule has 5 heteroatoms. The molecule has 0 aromatic carbocycles. The van der Waals surface area contributed by atoms with Gasteiger partial charge in [-0.3, -0.25) is 4.79 Å². The van der Waals surface area contributed by atoms with E-state index in [1.807, 2.05) is 13.8 Å². The second-order valence-corrected chi connectivity index (χ2v) is 8.40. The van der Waals surface area contributed by atoms with Crippen LogP contribution >= 0.6 is 0 Å². The highest BCUT2D eigenvalue weighted by Crippen LogP contribution is 2.57. The number of carbonyl (C=O) groups excluding carboxylic acids is 2. The van der Waals surface area contributed by atoms with Crippen LogP contribution in [-0.2, 0) is 19.1 Å². The largest absolute Gasteiger partial charge is 0.458 e. The van der Waals surface area contributed by atoms with E-state index in [0.717, 1.165) is 0 Å². The van der Waals surface area contributed by atoms with Crippen molar-refractivity contribution in [2.75, 3.05) is 6.61 Å². The van der Waals surface area contributed by atoms with Gasteiger partial charge in [-0.1, -0.05) is 34.3 Å². The summed E-state index contributed by atoms with van der Waals surface area (Å²) >= 11 is 0. The Bertz CT molecular complexity index is 568. The van der Waals surface area contributed by atoms with Gasteiger partial charge in [-0.15, -0.1) is 0 Å².